The number of allylic oxidation sites excluding steroid dienone is 14. The molecule has 0 heterocycles. The van der Waals surface area contributed by atoms with Crippen LogP contribution in [0.15, 0.2) is 85.1 Å². The number of aliphatic hydroxyl groups is 3. The second-order valence-corrected chi connectivity index (χ2v) is 20.8. The number of rotatable bonds is 51. The zero-order valence-electron chi connectivity index (χ0n) is 44.1. The molecule has 0 bridgehead atoms. The van der Waals surface area contributed by atoms with E-state index in [9.17, 15) is 43.8 Å². The Labute approximate surface area is 434 Å². The summed E-state index contributed by atoms with van der Waals surface area (Å²) in [5.74, 6) is -1.03. The van der Waals surface area contributed by atoms with E-state index in [1.165, 1.54) is 64.2 Å². The fourth-order valence-electron chi connectivity index (χ4n) is 6.61. The Morgan fingerprint density at radius 2 is 0.597 bits per heavy atom. The van der Waals surface area contributed by atoms with Crippen molar-refractivity contribution < 1.29 is 71.4 Å². The van der Waals surface area contributed by atoms with E-state index in [1.54, 1.807) is 0 Å². The molecule has 0 saturated heterocycles. The number of hydrogen-bond donors (Lipinski definition) is 5. The minimum Gasteiger partial charge on any atom is -0.463 e. The van der Waals surface area contributed by atoms with Gasteiger partial charge in [-0.2, -0.15) is 0 Å². The number of esters is 2. The number of carbonyl (C=O) groups excluding carboxylic acids is 2. The van der Waals surface area contributed by atoms with Crippen LogP contribution < -0.4 is 0 Å². The van der Waals surface area contributed by atoms with E-state index >= 15 is 0 Å². The molecule has 0 amide bonds. The number of phosphoric acid groups is 2. The molecule has 0 aromatic rings. The highest BCUT2D eigenvalue weighted by atomic mass is 31.2. The number of ether oxygens (including phenoxy) is 2. The first-order valence-corrected chi connectivity index (χ1v) is 29.9. The first kappa shape index (κ1) is 69.2. The number of unbranched alkanes of at least 4 members (excludes halogenated alkanes) is 17. The van der Waals surface area contributed by atoms with Gasteiger partial charge >= 0.3 is 27.6 Å². The molecule has 0 spiro atoms. The maximum absolute atomic E-state index is 12.2. The van der Waals surface area contributed by atoms with Crippen molar-refractivity contribution in [3.63, 3.8) is 0 Å². The van der Waals surface area contributed by atoms with Gasteiger partial charge in [0.25, 0.3) is 0 Å². The molecule has 0 fully saturated rings. The third-order valence-corrected chi connectivity index (χ3v) is 12.7. The van der Waals surface area contributed by atoms with E-state index in [0.29, 0.717) is 12.8 Å². The number of aliphatic hydroxyl groups excluding tert-OH is 3. The fourth-order valence-corrected chi connectivity index (χ4v) is 8.20. The highest BCUT2D eigenvalue weighted by molar-refractivity contribution is 7.47. The summed E-state index contributed by atoms with van der Waals surface area (Å²) >= 11 is 0. The molecule has 15 nitrogen and oxygen atoms in total. The molecule has 0 saturated carbocycles. The number of hydrogen-bond acceptors (Lipinski definition) is 13. The monoisotopic (exact) mass is 1060 g/mol. The minimum absolute atomic E-state index is 0.155. The van der Waals surface area contributed by atoms with Crippen molar-refractivity contribution in [2.24, 2.45) is 0 Å². The topological polar surface area (TPSA) is 225 Å². The zero-order chi connectivity index (χ0) is 53.1. The van der Waals surface area contributed by atoms with E-state index in [4.69, 9.17) is 14.0 Å². The highest BCUT2D eigenvalue weighted by Crippen LogP contribution is 2.45. The van der Waals surface area contributed by atoms with Crippen molar-refractivity contribution >= 4 is 27.6 Å². The summed E-state index contributed by atoms with van der Waals surface area (Å²) in [6.45, 7) is 0.321. The van der Waals surface area contributed by atoms with E-state index in [-0.39, 0.29) is 12.8 Å². The SMILES string of the molecule is CCCCC/C=C\C/C=C\C/C=C\C/C=C\CCCCCC(=O)OCC(O)COP(=O)(O)OCC(O)COP(=O)(O)OCC(O)COC(=O)CCCCCCCCCC/C=C\C/C=C\C/C=C\CCCCC. The van der Waals surface area contributed by atoms with Crippen molar-refractivity contribution in [1.82, 2.24) is 0 Å². The maximum atomic E-state index is 12.2. The third kappa shape index (κ3) is 52.1. The lowest BCUT2D eigenvalue weighted by atomic mass is 10.1. The van der Waals surface area contributed by atoms with Gasteiger partial charge in [-0.15, -0.1) is 0 Å². The molecule has 72 heavy (non-hydrogen) atoms. The molecule has 416 valence electrons. The predicted molar refractivity (Wildman–Crippen MR) is 288 cm³/mol. The molecule has 0 aliphatic carbocycles. The summed E-state index contributed by atoms with van der Waals surface area (Å²) in [5, 5.41) is 30.1. The Morgan fingerprint density at radius 3 is 0.903 bits per heavy atom. The summed E-state index contributed by atoms with van der Waals surface area (Å²) in [7, 11) is -9.60. The number of phosphoric ester groups is 2. The van der Waals surface area contributed by atoms with Crippen molar-refractivity contribution in [2.75, 3.05) is 39.6 Å². The van der Waals surface area contributed by atoms with Gasteiger partial charge in [0.2, 0.25) is 0 Å². The van der Waals surface area contributed by atoms with Gasteiger partial charge in [-0.25, -0.2) is 9.13 Å². The average molecular weight is 1060 g/mol. The van der Waals surface area contributed by atoms with Crippen LogP contribution in [0.5, 0.6) is 0 Å². The van der Waals surface area contributed by atoms with Gasteiger partial charge in [-0.1, -0.05) is 170 Å². The molecule has 0 aromatic carbocycles. The molecule has 5 atom stereocenters. The van der Waals surface area contributed by atoms with Crippen LogP contribution in [0.2, 0.25) is 0 Å². The van der Waals surface area contributed by atoms with E-state index in [0.717, 1.165) is 89.9 Å². The van der Waals surface area contributed by atoms with Crippen molar-refractivity contribution in [3.8, 4) is 0 Å². The van der Waals surface area contributed by atoms with Gasteiger partial charge in [0, 0.05) is 12.8 Å². The Hall–Kier alpha value is -2.78. The quantitative estimate of drug-likeness (QED) is 0.0165. The van der Waals surface area contributed by atoms with Crippen LogP contribution in [0.25, 0.3) is 0 Å². The summed E-state index contributed by atoms with van der Waals surface area (Å²) < 4.78 is 53.1. The Morgan fingerprint density at radius 1 is 0.361 bits per heavy atom. The lowest BCUT2D eigenvalue weighted by molar-refractivity contribution is -0.148. The van der Waals surface area contributed by atoms with Crippen LogP contribution in [0.4, 0.5) is 0 Å². The molecular formula is C55H96O15P2. The van der Waals surface area contributed by atoms with Crippen LogP contribution in [0, 0.1) is 0 Å². The molecule has 5 unspecified atom stereocenters. The lowest BCUT2D eigenvalue weighted by Gasteiger charge is -2.19. The second-order valence-electron chi connectivity index (χ2n) is 17.9. The zero-order valence-corrected chi connectivity index (χ0v) is 45.9. The van der Waals surface area contributed by atoms with Gasteiger partial charge in [-0.3, -0.25) is 27.7 Å². The molecule has 0 aliphatic heterocycles. The van der Waals surface area contributed by atoms with Crippen LogP contribution in [-0.4, -0.2) is 95.0 Å². The molecule has 0 rings (SSSR count). The summed E-state index contributed by atoms with van der Waals surface area (Å²) in [6, 6.07) is 0. The van der Waals surface area contributed by atoms with E-state index < -0.39 is 85.5 Å². The Bertz CT molecular complexity index is 1610. The second kappa shape index (κ2) is 50.4. The first-order chi connectivity index (χ1) is 34.8. The average Bonchev–Trinajstić information content (AvgIpc) is 3.36. The largest absolute Gasteiger partial charge is 0.472 e. The lowest BCUT2D eigenvalue weighted by Crippen LogP contribution is -2.25. The van der Waals surface area contributed by atoms with Crippen molar-refractivity contribution in [2.45, 2.75) is 212 Å². The Kier molecular flexibility index (Phi) is 48.4. The summed E-state index contributed by atoms with van der Waals surface area (Å²) in [6.07, 6.45) is 54.1. The molecular weight excluding hydrogens is 963 g/mol. The van der Waals surface area contributed by atoms with Crippen molar-refractivity contribution in [1.29, 1.82) is 0 Å². The van der Waals surface area contributed by atoms with E-state index in [1.807, 2.05) is 0 Å². The number of carbonyl (C=O) groups is 2. The molecule has 17 heteroatoms. The van der Waals surface area contributed by atoms with Crippen LogP contribution >= 0.6 is 15.6 Å². The Balaban J connectivity index is 3.90. The molecule has 0 aliphatic rings. The molecule has 0 aromatic heterocycles. The predicted octanol–water partition coefficient (Wildman–Crippen LogP) is 13.3. The van der Waals surface area contributed by atoms with Gasteiger partial charge in [-0.05, 0) is 96.3 Å². The van der Waals surface area contributed by atoms with Gasteiger partial charge < -0.3 is 34.6 Å². The minimum atomic E-state index is -4.80. The van der Waals surface area contributed by atoms with E-state index in [2.05, 4.69) is 112 Å². The van der Waals surface area contributed by atoms with Crippen molar-refractivity contribution in [3.05, 3.63) is 85.1 Å². The summed E-state index contributed by atoms with van der Waals surface area (Å²) in [4.78, 5) is 43.9. The van der Waals surface area contributed by atoms with Crippen LogP contribution in [0.1, 0.15) is 194 Å². The molecule has 0 radical (unpaired) electrons. The standard InChI is InChI=1S/C55H96O15P2/c1-3-5-7-9-11-13-15-17-19-21-23-24-26-28-30-32-34-36-38-40-42-44-55(60)66-46-52(57)48-68-72(63,64)70-50-53(58)49-69-71(61,62)67-47-51(56)45-65-54(59)43-41-39-37-35-33-31-29-27-25-22-20-18-16-14-12-10-8-6-4-2/h11-14,17-20,23-25,27,31,33,51-53,56-58H,3-10,15-16,21-22,26,28-30,32,34-50H2,1-2H3,(H,61,62)(H,63,64)/b13-11-,14-12-,19-17-,20-18-,24-23-,27-25-,33-31-. The highest BCUT2D eigenvalue weighted by Gasteiger charge is 2.28. The van der Waals surface area contributed by atoms with Gasteiger partial charge in [0.1, 0.15) is 31.5 Å². The fraction of sp³-hybridized carbons (Fsp3) is 0.709. The van der Waals surface area contributed by atoms with Gasteiger partial charge in [0.15, 0.2) is 0 Å². The third-order valence-electron chi connectivity index (χ3n) is 10.8. The first-order valence-electron chi connectivity index (χ1n) is 26.9. The molecule has 5 N–H and O–H groups in total. The normalized spacial score (nSPS) is 15.5. The van der Waals surface area contributed by atoms with Crippen LogP contribution in [0.3, 0.4) is 0 Å². The van der Waals surface area contributed by atoms with Gasteiger partial charge in [0.05, 0.1) is 26.4 Å². The maximum Gasteiger partial charge on any atom is 0.472 e. The summed E-state index contributed by atoms with van der Waals surface area (Å²) in [5.41, 5.74) is 0. The van der Waals surface area contributed by atoms with Crippen LogP contribution in [-0.2, 0) is 46.3 Å². The smallest absolute Gasteiger partial charge is 0.463 e.